The van der Waals surface area contributed by atoms with E-state index < -0.39 is 0 Å². The summed E-state index contributed by atoms with van der Waals surface area (Å²) in [6.45, 7) is 9.95. The van der Waals surface area contributed by atoms with Crippen LogP contribution < -0.4 is 10.2 Å². The topological polar surface area (TPSA) is 44.8 Å². The lowest BCUT2D eigenvalue weighted by Crippen LogP contribution is -2.46. The summed E-state index contributed by atoms with van der Waals surface area (Å²) in [5, 5.41) is 3.10. The highest BCUT2D eigenvalue weighted by molar-refractivity contribution is 7.12. The second kappa shape index (κ2) is 8.31. The fourth-order valence-electron chi connectivity index (χ4n) is 3.48. The highest BCUT2D eigenvalue weighted by atomic mass is 32.1. The maximum Gasteiger partial charge on any atom is 0.322 e. The number of thiophene rings is 1. The van der Waals surface area contributed by atoms with Crippen molar-refractivity contribution in [1.29, 1.82) is 0 Å². The molecule has 2 heterocycles. The summed E-state index contributed by atoms with van der Waals surface area (Å²) in [5.74, 6) is 0. The third-order valence-electron chi connectivity index (χ3n) is 4.98. The van der Waals surface area contributed by atoms with Gasteiger partial charge in [-0.1, -0.05) is 12.1 Å². The van der Waals surface area contributed by atoms with Crippen LogP contribution in [-0.4, -0.2) is 43.3 Å². The standard InChI is InChI=1S/C21H29N3O2S/c1-14-12-24(13-15(2)26-14)19-9-7-6-8-18(19)22-21(25)23(5)17(4)20-11-10-16(3)27-20/h6-11,14-15,17H,12-13H2,1-5H3,(H,22,25). The molecule has 1 saturated heterocycles. The molecule has 1 N–H and O–H groups in total. The molecule has 3 rings (SSSR count). The zero-order valence-corrected chi connectivity index (χ0v) is 17.5. The third kappa shape index (κ3) is 4.62. The lowest BCUT2D eigenvalue weighted by atomic mass is 10.1. The van der Waals surface area contributed by atoms with Crippen LogP contribution in [0.3, 0.4) is 0 Å². The molecule has 0 bridgehead atoms. The zero-order chi connectivity index (χ0) is 19.6. The summed E-state index contributed by atoms with van der Waals surface area (Å²) in [5.41, 5.74) is 1.88. The van der Waals surface area contributed by atoms with Gasteiger partial charge in [0, 0.05) is 29.9 Å². The van der Waals surface area contributed by atoms with Crippen LogP contribution in [0.2, 0.25) is 0 Å². The van der Waals surface area contributed by atoms with Gasteiger partial charge in [-0.2, -0.15) is 0 Å². The van der Waals surface area contributed by atoms with E-state index in [0.29, 0.717) is 0 Å². The number of nitrogens with one attached hydrogen (secondary N) is 1. The number of urea groups is 1. The van der Waals surface area contributed by atoms with Crippen molar-refractivity contribution in [1.82, 2.24) is 4.90 Å². The van der Waals surface area contributed by atoms with Crippen molar-refractivity contribution in [2.45, 2.75) is 45.9 Å². The van der Waals surface area contributed by atoms with Crippen LogP contribution >= 0.6 is 11.3 Å². The number of rotatable bonds is 4. The molecule has 3 unspecified atom stereocenters. The SMILES string of the molecule is Cc1ccc(C(C)N(C)C(=O)Nc2ccccc2N2CC(C)OC(C)C2)s1. The third-order valence-corrected chi connectivity index (χ3v) is 6.15. The Labute approximate surface area is 165 Å². The van der Waals surface area contributed by atoms with E-state index in [0.717, 1.165) is 24.5 Å². The molecule has 6 heteroatoms. The molecule has 1 aromatic heterocycles. The molecule has 1 aliphatic heterocycles. The summed E-state index contributed by atoms with van der Waals surface area (Å²) >= 11 is 1.73. The Morgan fingerprint density at radius 3 is 2.52 bits per heavy atom. The van der Waals surface area contributed by atoms with Crippen molar-refractivity contribution in [2.75, 3.05) is 30.4 Å². The molecule has 1 aliphatic rings. The fourth-order valence-corrected chi connectivity index (χ4v) is 4.45. The quantitative estimate of drug-likeness (QED) is 0.812. The number of hydrogen-bond acceptors (Lipinski definition) is 4. The van der Waals surface area contributed by atoms with Crippen molar-refractivity contribution in [3.63, 3.8) is 0 Å². The Morgan fingerprint density at radius 1 is 1.22 bits per heavy atom. The molecule has 0 aliphatic carbocycles. The molecule has 1 fully saturated rings. The van der Waals surface area contributed by atoms with Gasteiger partial charge >= 0.3 is 6.03 Å². The predicted molar refractivity (Wildman–Crippen MR) is 113 cm³/mol. The van der Waals surface area contributed by atoms with Gasteiger partial charge < -0.3 is 19.9 Å². The summed E-state index contributed by atoms with van der Waals surface area (Å²) < 4.78 is 5.84. The molecule has 0 spiro atoms. The molecule has 0 radical (unpaired) electrons. The van der Waals surface area contributed by atoms with E-state index in [1.165, 1.54) is 9.75 Å². The number of carbonyl (C=O) groups excluding carboxylic acids is 1. The Bertz CT molecular complexity index is 781. The predicted octanol–water partition coefficient (Wildman–Crippen LogP) is 4.90. The molecular formula is C21H29N3O2S. The number of hydrogen-bond donors (Lipinski definition) is 1. The number of anilines is 2. The summed E-state index contributed by atoms with van der Waals surface area (Å²) in [6, 6.07) is 12.1. The fraction of sp³-hybridized carbons (Fsp3) is 0.476. The smallest absolute Gasteiger partial charge is 0.322 e. The van der Waals surface area contributed by atoms with Crippen LogP contribution in [0, 0.1) is 6.92 Å². The largest absolute Gasteiger partial charge is 0.372 e. The van der Waals surface area contributed by atoms with Crippen molar-refractivity contribution >= 4 is 28.7 Å². The summed E-state index contributed by atoms with van der Waals surface area (Å²) in [4.78, 5) is 19.4. The maximum absolute atomic E-state index is 12.9. The lowest BCUT2D eigenvalue weighted by molar-refractivity contribution is -0.00517. The Morgan fingerprint density at radius 2 is 1.89 bits per heavy atom. The van der Waals surface area contributed by atoms with Crippen molar-refractivity contribution in [2.24, 2.45) is 0 Å². The number of carbonyl (C=O) groups is 1. The van der Waals surface area contributed by atoms with Gasteiger partial charge in [-0.05, 0) is 52.0 Å². The second-order valence-corrected chi connectivity index (χ2v) is 8.66. The van der Waals surface area contributed by atoms with E-state index >= 15 is 0 Å². The molecule has 27 heavy (non-hydrogen) atoms. The number of benzene rings is 1. The minimum atomic E-state index is -0.102. The zero-order valence-electron chi connectivity index (χ0n) is 16.7. The van der Waals surface area contributed by atoms with Gasteiger partial charge in [0.25, 0.3) is 0 Å². The summed E-state index contributed by atoms with van der Waals surface area (Å²) in [7, 11) is 1.84. The Hall–Kier alpha value is -2.05. The number of ether oxygens (including phenoxy) is 1. The number of nitrogens with zero attached hydrogens (tertiary/aromatic N) is 2. The van der Waals surface area contributed by atoms with Crippen molar-refractivity contribution < 1.29 is 9.53 Å². The summed E-state index contributed by atoms with van der Waals surface area (Å²) in [6.07, 6.45) is 0.338. The van der Waals surface area contributed by atoms with E-state index in [1.54, 1.807) is 16.2 Å². The molecule has 5 nitrogen and oxygen atoms in total. The average Bonchev–Trinajstić information content (AvgIpc) is 3.06. The minimum Gasteiger partial charge on any atom is -0.372 e. The van der Waals surface area contributed by atoms with Gasteiger partial charge in [0.15, 0.2) is 0 Å². The second-order valence-electron chi connectivity index (χ2n) is 7.34. The van der Waals surface area contributed by atoms with Crippen LogP contribution in [0.5, 0.6) is 0 Å². The van der Waals surface area contributed by atoms with Gasteiger partial charge in [-0.15, -0.1) is 11.3 Å². The van der Waals surface area contributed by atoms with Crippen LogP contribution in [0.25, 0.3) is 0 Å². The number of morpholine rings is 1. The van der Waals surface area contributed by atoms with E-state index in [-0.39, 0.29) is 24.3 Å². The van der Waals surface area contributed by atoms with E-state index in [2.05, 4.69) is 56.1 Å². The molecule has 0 saturated carbocycles. The van der Waals surface area contributed by atoms with Crippen LogP contribution in [0.15, 0.2) is 36.4 Å². The van der Waals surface area contributed by atoms with Crippen LogP contribution in [0.1, 0.15) is 36.6 Å². The lowest BCUT2D eigenvalue weighted by Gasteiger charge is -2.37. The van der Waals surface area contributed by atoms with Gasteiger partial charge in [0.2, 0.25) is 0 Å². The molecule has 1 aromatic carbocycles. The first-order valence-corrected chi connectivity index (χ1v) is 10.3. The van der Waals surface area contributed by atoms with Crippen LogP contribution in [-0.2, 0) is 4.74 Å². The monoisotopic (exact) mass is 387 g/mol. The average molecular weight is 388 g/mol. The van der Waals surface area contributed by atoms with Crippen LogP contribution in [0.4, 0.5) is 16.2 Å². The van der Waals surface area contributed by atoms with Gasteiger partial charge in [0.05, 0.1) is 29.6 Å². The maximum atomic E-state index is 12.9. The number of amides is 2. The van der Waals surface area contributed by atoms with Gasteiger partial charge in [-0.3, -0.25) is 0 Å². The molecule has 146 valence electrons. The first-order chi connectivity index (χ1) is 12.8. The Kier molecular flexibility index (Phi) is 6.07. The normalized spacial score (nSPS) is 21.0. The molecule has 2 amide bonds. The van der Waals surface area contributed by atoms with Gasteiger partial charge in [0.1, 0.15) is 0 Å². The molecular weight excluding hydrogens is 358 g/mol. The highest BCUT2D eigenvalue weighted by Gasteiger charge is 2.25. The van der Waals surface area contributed by atoms with E-state index in [4.69, 9.17) is 4.74 Å². The van der Waals surface area contributed by atoms with Gasteiger partial charge in [-0.25, -0.2) is 4.79 Å². The first kappa shape index (κ1) is 19.7. The molecule has 3 atom stereocenters. The van der Waals surface area contributed by atoms with E-state index in [1.807, 2.05) is 25.2 Å². The Balaban J connectivity index is 1.74. The molecule has 2 aromatic rings. The first-order valence-electron chi connectivity index (χ1n) is 9.44. The number of aryl methyl sites for hydroxylation is 1. The highest BCUT2D eigenvalue weighted by Crippen LogP contribution is 2.30. The minimum absolute atomic E-state index is 0.0271. The van der Waals surface area contributed by atoms with Crippen molar-refractivity contribution in [3.8, 4) is 0 Å². The number of para-hydroxylation sites is 2. The van der Waals surface area contributed by atoms with Crippen molar-refractivity contribution in [3.05, 3.63) is 46.2 Å². The van der Waals surface area contributed by atoms with E-state index in [9.17, 15) is 4.79 Å².